The van der Waals surface area contributed by atoms with E-state index in [9.17, 15) is 9.59 Å². The third kappa shape index (κ3) is 5.94. The van der Waals surface area contributed by atoms with E-state index in [0.29, 0.717) is 35.8 Å². The smallest absolute Gasteiger partial charge is 0.264 e. The van der Waals surface area contributed by atoms with Crippen molar-refractivity contribution in [2.24, 2.45) is 0 Å². The molecule has 2 amide bonds. The first-order chi connectivity index (χ1) is 16.5. The maximum atomic E-state index is 13.3. The number of hydrogen-bond acceptors (Lipinski definition) is 5. The van der Waals surface area contributed by atoms with Crippen molar-refractivity contribution < 1.29 is 14.0 Å². The molecule has 4 rings (SSSR count). The Morgan fingerprint density at radius 3 is 2.44 bits per heavy atom. The van der Waals surface area contributed by atoms with E-state index in [1.54, 1.807) is 11.2 Å². The zero-order valence-corrected chi connectivity index (χ0v) is 20.0. The Kier molecular flexibility index (Phi) is 7.44. The summed E-state index contributed by atoms with van der Waals surface area (Å²) >= 11 is 1.42. The van der Waals surface area contributed by atoms with Crippen molar-refractivity contribution in [3.63, 3.8) is 0 Å². The summed E-state index contributed by atoms with van der Waals surface area (Å²) < 4.78 is 5.52. The summed E-state index contributed by atoms with van der Waals surface area (Å²) in [5.74, 6) is 0.565. The molecule has 0 atom stereocenters. The first kappa shape index (κ1) is 23.3. The molecule has 2 heterocycles. The molecule has 0 bridgehead atoms. The molecule has 2 aromatic carbocycles. The Morgan fingerprint density at radius 1 is 0.941 bits per heavy atom. The molecule has 34 heavy (non-hydrogen) atoms. The molecule has 0 fully saturated rings. The maximum absolute atomic E-state index is 13.3. The van der Waals surface area contributed by atoms with Crippen LogP contribution < -0.4 is 10.2 Å². The van der Waals surface area contributed by atoms with Crippen LogP contribution in [-0.4, -0.2) is 30.8 Å². The van der Waals surface area contributed by atoms with Crippen LogP contribution in [0.4, 0.5) is 11.4 Å². The molecule has 2 aromatic heterocycles. The molecule has 0 aliphatic heterocycles. The van der Waals surface area contributed by atoms with E-state index >= 15 is 0 Å². The standard InChI is InChI=1S/C27H27N3O3S/c1-29(2)24-13-12-22(28-26(31)16-20-8-4-3-5-9-20)17-21(24)18-30(19-23-10-6-14-33-23)27(32)25-11-7-15-34-25/h3-15,17H,16,18-19H2,1-2H3,(H,28,31). The van der Waals surface area contributed by atoms with Crippen LogP contribution in [0.1, 0.15) is 26.6 Å². The molecular formula is C27H27N3O3S. The van der Waals surface area contributed by atoms with Crippen molar-refractivity contribution >= 4 is 34.5 Å². The van der Waals surface area contributed by atoms with Gasteiger partial charge in [0.15, 0.2) is 0 Å². The molecule has 0 aliphatic carbocycles. The van der Waals surface area contributed by atoms with Crippen molar-refractivity contribution in [1.29, 1.82) is 0 Å². The fourth-order valence-electron chi connectivity index (χ4n) is 3.76. The van der Waals surface area contributed by atoms with Crippen LogP contribution >= 0.6 is 11.3 Å². The number of carbonyl (C=O) groups excluding carboxylic acids is 2. The highest BCUT2D eigenvalue weighted by molar-refractivity contribution is 7.12. The van der Waals surface area contributed by atoms with E-state index in [1.807, 2.05) is 97.2 Å². The number of furan rings is 1. The van der Waals surface area contributed by atoms with Gasteiger partial charge in [-0.15, -0.1) is 11.3 Å². The van der Waals surface area contributed by atoms with Gasteiger partial charge in [-0.2, -0.15) is 0 Å². The van der Waals surface area contributed by atoms with Crippen molar-refractivity contribution in [1.82, 2.24) is 4.90 Å². The van der Waals surface area contributed by atoms with E-state index < -0.39 is 0 Å². The van der Waals surface area contributed by atoms with Gasteiger partial charge in [0.05, 0.1) is 24.1 Å². The highest BCUT2D eigenvalue weighted by atomic mass is 32.1. The summed E-state index contributed by atoms with van der Waals surface area (Å²) in [6.45, 7) is 0.717. The zero-order chi connectivity index (χ0) is 23.9. The van der Waals surface area contributed by atoms with Gasteiger partial charge in [0, 0.05) is 32.0 Å². The third-order valence-corrected chi connectivity index (χ3v) is 6.22. The van der Waals surface area contributed by atoms with Gasteiger partial charge in [0.1, 0.15) is 5.76 Å². The lowest BCUT2D eigenvalue weighted by molar-refractivity contribution is -0.115. The van der Waals surface area contributed by atoms with Crippen LogP contribution in [0.2, 0.25) is 0 Å². The Hall–Kier alpha value is -3.84. The minimum atomic E-state index is -0.0862. The minimum absolute atomic E-state index is 0.0605. The average molecular weight is 474 g/mol. The predicted octanol–water partition coefficient (Wildman–Crippen LogP) is 5.43. The number of carbonyl (C=O) groups is 2. The number of benzene rings is 2. The zero-order valence-electron chi connectivity index (χ0n) is 19.2. The van der Waals surface area contributed by atoms with Crippen LogP contribution in [-0.2, 0) is 24.3 Å². The second-order valence-corrected chi connectivity index (χ2v) is 9.11. The monoisotopic (exact) mass is 473 g/mol. The predicted molar refractivity (Wildman–Crippen MR) is 136 cm³/mol. The molecule has 0 saturated carbocycles. The molecule has 174 valence electrons. The summed E-state index contributed by atoms with van der Waals surface area (Å²) in [5.41, 5.74) is 3.56. The second kappa shape index (κ2) is 10.9. The molecule has 1 N–H and O–H groups in total. The molecule has 6 nitrogen and oxygen atoms in total. The summed E-state index contributed by atoms with van der Waals surface area (Å²) in [6, 6.07) is 22.8. The summed E-state index contributed by atoms with van der Waals surface area (Å²) in [6.07, 6.45) is 1.91. The van der Waals surface area contributed by atoms with Gasteiger partial charge in [-0.05, 0) is 52.9 Å². The van der Waals surface area contributed by atoms with Crippen molar-refractivity contribution in [2.45, 2.75) is 19.5 Å². The van der Waals surface area contributed by atoms with E-state index in [2.05, 4.69) is 5.32 Å². The quantitative estimate of drug-likeness (QED) is 0.352. The van der Waals surface area contributed by atoms with Crippen LogP contribution in [0.15, 0.2) is 88.9 Å². The first-order valence-corrected chi connectivity index (χ1v) is 11.9. The number of thiophene rings is 1. The van der Waals surface area contributed by atoms with Crippen LogP contribution in [0.3, 0.4) is 0 Å². The Morgan fingerprint density at radius 2 is 1.76 bits per heavy atom. The molecule has 0 unspecified atom stereocenters. The lowest BCUT2D eigenvalue weighted by atomic mass is 10.1. The van der Waals surface area contributed by atoms with Gasteiger partial charge >= 0.3 is 0 Å². The van der Waals surface area contributed by atoms with E-state index in [1.165, 1.54) is 11.3 Å². The van der Waals surface area contributed by atoms with Crippen LogP contribution in [0.25, 0.3) is 0 Å². The fourth-order valence-corrected chi connectivity index (χ4v) is 4.46. The Bertz CT molecular complexity index is 1220. The largest absolute Gasteiger partial charge is 0.467 e. The van der Waals surface area contributed by atoms with E-state index in [-0.39, 0.29) is 11.8 Å². The van der Waals surface area contributed by atoms with Crippen molar-refractivity contribution in [3.8, 4) is 0 Å². The molecule has 0 radical (unpaired) electrons. The molecule has 7 heteroatoms. The SMILES string of the molecule is CN(C)c1ccc(NC(=O)Cc2ccccc2)cc1CN(Cc1ccco1)C(=O)c1cccs1. The van der Waals surface area contributed by atoms with Crippen molar-refractivity contribution in [3.05, 3.63) is 106 Å². The third-order valence-electron chi connectivity index (χ3n) is 5.36. The molecule has 4 aromatic rings. The highest BCUT2D eigenvalue weighted by Crippen LogP contribution is 2.27. The topological polar surface area (TPSA) is 65.8 Å². The summed E-state index contributed by atoms with van der Waals surface area (Å²) in [4.78, 5) is 30.4. The van der Waals surface area contributed by atoms with Gasteiger partial charge in [-0.25, -0.2) is 0 Å². The summed E-state index contributed by atoms with van der Waals surface area (Å²) in [7, 11) is 3.93. The van der Waals surface area contributed by atoms with Crippen molar-refractivity contribution in [2.75, 3.05) is 24.3 Å². The van der Waals surface area contributed by atoms with Gasteiger partial charge in [-0.3, -0.25) is 9.59 Å². The number of rotatable bonds is 9. The number of hydrogen-bond donors (Lipinski definition) is 1. The first-order valence-electron chi connectivity index (χ1n) is 11.0. The highest BCUT2D eigenvalue weighted by Gasteiger charge is 2.21. The van der Waals surface area contributed by atoms with Gasteiger partial charge in [-0.1, -0.05) is 36.4 Å². The molecule has 0 spiro atoms. The molecule has 0 saturated heterocycles. The minimum Gasteiger partial charge on any atom is -0.467 e. The summed E-state index contributed by atoms with van der Waals surface area (Å²) in [5, 5.41) is 4.89. The van der Waals surface area contributed by atoms with Gasteiger partial charge in [0.25, 0.3) is 5.91 Å². The molecular weight excluding hydrogens is 446 g/mol. The second-order valence-electron chi connectivity index (χ2n) is 8.17. The maximum Gasteiger partial charge on any atom is 0.264 e. The number of nitrogens with zero attached hydrogens (tertiary/aromatic N) is 2. The lowest BCUT2D eigenvalue weighted by Crippen LogP contribution is -2.30. The average Bonchev–Trinajstić information content (AvgIpc) is 3.53. The lowest BCUT2D eigenvalue weighted by Gasteiger charge is -2.25. The Labute approximate surface area is 203 Å². The number of amides is 2. The van der Waals surface area contributed by atoms with Gasteiger partial charge in [0.2, 0.25) is 5.91 Å². The normalized spacial score (nSPS) is 10.6. The molecule has 0 aliphatic rings. The Balaban J connectivity index is 1.58. The fraction of sp³-hybridized carbons (Fsp3) is 0.185. The number of nitrogens with one attached hydrogen (secondary N) is 1. The van der Waals surface area contributed by atoms with E-state index in [0.717, 1.165) is 16.8 Å². The number of anilines is 2. The van der Waals surface area contributed by atoms with Crippen LogP contribution in [0.5, 0.6) is 0 Å². The van der Waals surface area contributed by atoms with E-state index in [4.69, 9.17) is 4.42 Å². The van der Waals surface area contributed by atoms with Crippen LogP contribution in [0, 0.1) is 0 Å². The van der Waals surface area contributed by atoms with Gasteiger partial charge < -0.3 is 19.5 Å².